The van der Waals surface area contributed by atoms with Crippen molar-refractivity contribution in [2.24, 2.45) is 0 Å². The molecule has 0 radical (unpaired) electrons. The van der Waals surface area contributed by atoms with Crippen molar-refractivity contribution in [2.45, 2.75) is 0 Å². The maximum absolute atomic E-state index is 5.44. The van der Waals surface area contributed by atoms with Crippen LogP contribution in [-0.4, -0.2) is 19.7 Å². The summed E-state index contributed by atoms with van der Waals surface area (Å²) in [6, 6.07) is 13.5. The van der Waals surface area contributed by atoms with Crippen molar-refractivity contribution >= 4 is 23.1 Å². The number of rotatable bonds is 2. The predicted molar refractivity (Wildman–Crippen MR) is 81.8 cm³/mol. The topological polar surface area (TPSA) is 59.6 Å². The highest BCUT2D eigenvalue weighted by molar-refractivity contribution is 7.71. The quantitative estimate of drug-likeness (QED) is 0.572. The van der Waals surface area contributed by atoms with Gasteiger partial charge in [-0.05, 0) is 48.6 Å². The van der Waals surface area contributed by atoms with Crippen molar-refractivity contribution in [3.8, 4) is 17.3 Å². The summed E-state index contributed by atoms with van der Waals surface area (Å²) in [5.74, 6) is 1.30. The Bertz CT molecular complexity index is 963. The summed E-state index contributed by atoms with van der Waals surface area (Å²) in [4.78, 5) is 4.37. The highest BCUT2D eigenvalue weighted by Crippen LogP contribution is 2.26. The van der Waals surface area contributed by atoms with Gasteiger partial charge in [0.15, 0.2) is 10.5 Å². The Kier molecular flexibility index (Phi) is 2.68. The van der Waals surface area contributed by atoms with Gasteiger partial charge in [0.05, 0.1) is 17.5 Å². The molecular formula is C15H10N4OS. The van der Waals surface area contributed by atoms with Gasteiger partial charge in [-0.2, -0.15) is 5.10 Å². The first-order valence-corrected chi connectivity index (χ1v) is 6.81. The summed E-state index contributed by atoms with van der Waals surface area (Å²) in [6.07, 6.45) is 3.39. The van der Waals surface area contributed by atoms with E-state index < -0.39 is 0 Å². The standard InChI is InChI=1S/C15H10N4OS/c21-15-18-17-14(13-7-3-9-20-13)19(15)12-6-1-5-11-10(12)4-2-8-16-11/h1-9H,(H,18,21). The van der Waals surface area contributed by atoms with Gasteiger partial charge in [-0.25, -0.2) is 0 Å². The van der Waals surface area contributed by atoms with Gasteiger partial charge in [0.2, 0.25) is 5.82 Å². The minimum atomic E-state index is 0.512. The van der Waals surface area contributed by atoms with Crippen molar-refractivity contribution in [3.63, 3.8) is 0 Å². The van der Waals surface area contributed by atoms with E-state index in [-0.39, 0.29) is 0 Å². The smallest absolute Gasteiger partial charge is 0.202 e. The zero-order valence-corrected chi connectivity index (χ0v) is 11.7. The third-order valence-corrected chi connectivity index (χ3v) is 3.55. The molecule has 0 aliphatic carbocycles. The normalized spacial score (nSPS) is 11.0. The van der Waals surface area contributed by atoms with E-state index in [4.69, 9.17) is 16.6 Å². The molecule has 0 unspecified atom stereocenters. The number of benzene rings is 1. The van der Waals surface area contributed by atoms with E-state index in [0.29, 0.717) is 16.4 Å². The largest absolute Gasteiger partial charge is 0.461 e. The molecule has 1 N–H and O–H groups in total. The molecule has 0 spiro atoms. The molecule has 4 rings (SSSR count). The average Bonchev–Trinajstić information content (AvgIpc) is 3.16. The van der Waals surface area contributed by atoms with E-state index >= 15 is 0 Å². The molecule has 0 atom stereocenters. The van der Waals surface area contributed by atoms with Crippen LogP contribution in [0.1, 0.15) is 0 Å². The summed E-state index contributed by atoms with van der Waals surface area (Å²) >= 11 is 5.37. The second-order valence-electron chi connectivity index (χ2n) is 4.51. The van der Waals surface area contributed by atoms with Gasteiger partial charge in [0.1, 0.15) is 0 Å². The van der Waals surface area contributed by atoms with Crippen LogP contribution in [-0.2, 0) is 0 Å². The lowest BCUT2D eigenvalue weighted by atomic mass is 10.2. The van der Waals surface area contributed by atoms with Gasteiger partial charge >= 0.3 is 0 Å². The fourth-order valence-electron chi connectivity index (χ4n) is 2.37. The minimum Gasteiger partial charge on any atom is -0.461 e. The third kappa shape index (κ3) is 1.88. The van der Waals surface area contributed by atoms with Gasteiger partial charge < -0.3 is 4.42 Å². The van der Waals surface area contributed by atoms with Gasteiger partial charge in [0, 0.05) is 11.6 Å². The van der Waals surface area contributed by atoms with Crippen molar-refractivity contribution < 1.29 is 4.42 Å². The Hall–Kier alpha value is -2.73. The fraction of sp³-hybridized carbons (Fsp3) is 0. The number of H-pyrrole nitrogens is 1. The first-order valence-electron chi connectivity index (χ1n) is 6.40. The molecule has 0 fully saturated rings. The van der Waals surface area contributed by atoms with Crippen molar-refractivity contribution in [2.75, 3.05) is 0 Å². The lowest BCUT2D eigenvalue weighted by molar-refractivity contribution is 0.575. The molecule has 21 heavy (non-hydrogen) atoms. The lowest BCUT2D eigenvalue weighted by Crippen LogP contribution is -1.98. The van der Waals surface area contributed by atoms with E-state index in [1.54, 1.807) is 12.5 Å². The third-order valence-electron chi connectivity index (χ3n) is 3.28. The molecule has 4 aromatic rings. The van der Waals surface area contributed by atoms with Crippen LogP contribution >= 0.6 is 12.2 Å². The fourth-order valence-corrected chi connectivity index (χ4v) is 2.60. The van der Waals surface area contributed by atoms with E-state index in [0.717, 1.165) is 16.6 Å². The monoisotopic (exact) mass is 294 g/mol. The second-order valence-corrected chi connectivity index (χ2v) is 4.90. The molecule has 0 bridgehead atoms. The van der Waals surface area contributed by atoms with Crippen LogP contribution in [0.3, 0.4) is 0 Å². The van der Waals surface area contributed by atoms with Gasteiger partial charge in [-0.15, -0.1) is 0 Å². The molecule has 102 valence electrons. The summed E-state index contributed by atoms with van der Waals surface area (Å²) < 4.78 is 7.81. The molecular weight excluding hydrogens is 284 g/mol. The molecule has 6 heteroatoms. The van der Waals surface area contributed by atoms with Crippen LogP contribution in [0, 0.1) is 4.77 Å². The van der Waals surface area contributed by atoms with Gasteiger partial charge in [0.25, 0.3) is 0 Å². The SMILES string of the molecule is S=c1[nH]nc(-c2ccco2)n1-c1cccc2ncccc12. The highest BCUT2D eigenvalue weighted by Gasteiger charge is 2.14. The van der Waals surface area contributed by atoms with Crippen molar-refractivity contribution in [1.29, 1.82) is 0 Å². The zero-order valence-electron chi connectivity index (χ0n) is 10.9. The minimum absolute atomic E-state index is 0.512. The van der Waals surface area contributed by atoms with E-state index in [9.17, 15) is 0 Å². The van der Waals surface area contributed by atoms with Gasteiger partial charge in [-0.3, -0.25) is 14.6 Å². The average molecular weight is 294 g/mol. The summed E-state index contributed by atoms with van der Waals surface area (Å²) in [5, 5.41) is 8.10. The maximum Gasteiger partial charge on any atom is 0.202 e. The number of fused-ring (bicyclic) bond motifs is 1. The van der Waals surface area contributed by atoms with E-state index in [1.165, 1.54) is 0 Å². The van der Waals surface area contributed by atoms with E-state index in [2.05, 4.69) is 15.2 Å². The molecule has 0 aliphatic rings. The number of aromatic nitrogens is 4. The molecule has 1 aromatic carbocycles. The number of furan rings is 1. The Morgan fingerprint density at radius 3 is 2.90 bits per heavy atom. The van der Waals surface area contributed by atoms with Crippen LogP contribution in [0.15, 0.2) is 59.3 Å². The van der Waals surface area contributed by atoms with Crippen LogP contribution < -0.4 is 0 Å². The molecule has 3 aromatic heterocycles. The van der Waals surface area contributed by atoms with Crippen LogP contribution in [0.2, 0.25) is 0 Å². The van der Waals surface area contributed by atoms with Gasteiger partial charge in [-0.1, -0.05) is 6.07 Å². The molecule has 3 heterocycles. The molecule has 0 aliphatic heterocycles. The molecule has 0 saturated carbocycles. The summed E-state index contributed by atoms with van der Waals surface area (Å²) in [6.45, 7) is 0. The Morgan fingerprint density at radius 2 is 2.05 bits per heavy atom. The summed E-state index contributed by atoms with van der Waals surface area (Å²) in [7, 11) is 0. The Balaban J connectivity index is 2.06. The second kappa shape index (κ2) is 4.68. The van der Waals surface area contributed by atoms with Crippen molar-refractivity contribution in [1.82, 2.24) is 19.7 Å². The number of pyridine rings is 1. The predicted octanol–water partition coefficient (Wildman–Crippen LogP) is 3.74. The Morgan fingerprint density at radius 1 is 1.10 bits per heavy atom. The molecule has 5 nitrogen and oxygen atoms in total. The maximum atomic E-state index is 5.44. The highest BCUT2D eigenvalue weighted by atomic mass is 32.1. The first-order chi connectivity index (χ1) is 10.3. The van der Waals surface area contributed by atoms with Crippen LogP contribution in [0.4, 0.5) is 0 Å². The Labute approximate surface area is 124 Å². The number of hydrogen-bond acceptors (Lipinski definition) is 4. The molecule has 0 amide bonds. The number of nitrogens with zero attached hydrogens (tertiary/aromatic N) is 3. The molecule has 0 saturated heterocycles. The summed E-state index contributed by atoms with van der Waals surface area (Å²) in [5.41, 5.74) is 1.83. The number of hydrogen-bond donors (Lipinski definition) is 1. The number of nitrogens with one attached hydrogen (secondary N) is 1. The van der Waals surface area contributed by atoms with Crippen LogP contribution in [0.5, 0.6) is 0 Å². The zero-order chi connectivity index (χ0) is 14.2. The lowest BCUT2D eigenvalue weighted by Gasteiger charge is -2.08. The number of aromatic amines is 1. The van der Waals surface area contributed by atoms with E-state index in [1.807, 2.05) is 47.0 Å². The van der Waals surface area contributed by atoms with Crippen LogP contribution in [0.25, 0.3) is 28.2 Å². The first kappa shape index (κ1) is 12.0. The van der Waals surface area contributed by atoms with Crippen molar-refractivity contribution in [3.05, 3.63) is 59.7 Å².